The van der Waals surface area contributed by atoms with Crippen LogP contribution in [0.5, 0.6) is 0 Å². The van der Waals surface area contributed by atoms with E-state index in [1.807, 2.05) is 25.3 Å². The minimum Gasteiger partial charge on any atom is -0.381 e. The van der Waals surface area contributed by atoms with Crippen molar-refractivity contribution >= 4 is 55.5 Å². The quantitative estimate of drug-likeness (QED) is 0.366. The number of nitrogens with one attached hydrogen (secondary N) is 2. The number of pyridine rings is 1. The van der Waals surface area contributed by atoms with Gasteiger partial charge in [-0.15, -0.1) is 11.3 Å². The number of halogens is 1. The molecule has 0 spiro atoms. The molecule has 9 heteroatoms. The maximum Gasteiger partial charge on any atom is 0.263 e. The molecule has 4 heterocycles. The van der Waals surface area contributed by atoms with E-state index in [1.54, 1.807) is 0 Å². The van der Waals surface area contributed by atoms with E-state index in [0.717, 1.165) is 55.0 Å². The van der Waals surface area contributed by atoms with Crippen LogP contribution in [0.4, 0.5) is 5.69 Å². The molecule has 0 fully saturated rings. The van der Waals surface area contributed by atoms with Gasteiger partial charge in [0.15, 0.2) is 0 Å². The summed E-state index contributed by atoms with van der Waals surface area (Å²) >= 11 is 7.68. The van der Waals surface area contributed by atoms with Gasteiger partial charge in [0, 0.05) is 64.0 Å². The number of carbonyl (C=O) groups excluding carboxylic acids is 1. The Bertz CT molecular complexity index is 1440. The fourth-order valence-corrected chi connectivity index (χ4v) is 5.48. The summed E-state index contributed by atoms with van der Waals surface area (Å²) in [5.41, 5.74) is 4.64. The molecule has 1 amide bonds. The van der Waals surface area contributed by atoms with E-state index in [4.69, 9.17) is 16.6 Å². The lowest BCUT2D eigenvalue weighted by Crippen LogP contribution is -2.37. The van der Waals surface area contributed by atoms with Gasteiger partial charge in [-0.3, -0.25) is 14.7 Å². The van der Waals surface area contributed by atoms with E-state index in [0.29, 0.717) is 13.0 Å². The number of benzene rings is 1. The monoisotopic (exact) mass is 508 g/mol. The van der Waals surface area contributed by atoms with Crippen LogP contribution in [0.25, 0.3) is 21.0 Å². The fourth-order valence-electron chi connectivity index (χ4n) is 4.23. The number of rotatable bonds is 4. The maximum absolute atomic E-state index is 12.7. The first kappa shape index (κ1) is 23.9. The molecule has 0 radical (unpaired) electrons. The van der Waals surface area contributed by atoms with Gasteiger partial charge in [0.25, 0.3) is 5.91 Å². The molecule has 5 rings (SSSR count). The molecule has 7 nitrogen and oxygen atoms in total. The van der Waals surface area contributed by atoms with E-state index in [9.17, 15) is 4.79 Å². The van der Waals surface area contributed by atoms with E-state index in [-0.39, 0.29) is 22.8 Å². The number of hydrogen-bond acceptors (Lipinski definition) is 7. The molecule has 4 aromatic rings. The second-order valence-corrected chi connectivity index (χ2v) is 11.6. The van der Waals surface area contributed by atoms with Crippen molar-refractivity contribution < 1.29 is 4.79 Å². The van der Waals surface area contributed by atoms with Crippen LogP contribution in [0.1, 0.15) is 54.3 Å². The van der Waals surface area contributed by atoms with Crippen molar-refractivity contribution in [2.24, 2.45) is 0 Å². The standard InChI is InChI=1S/C26H29ClN6OS/c1-14-11-28-22-21-17-7-6-16(31-18(17)8-9-20(21)35-23(22)24(34)30-14)10-19-15(12-29-25(27)32-19)13-33(5)26(2,3)4/h6-9,12,14,28H,10-11,13H2,1-5H3,(H,30,34)/t14-/m1/s1. The second-order valence-electron chi connectivity index (χ2n) is 10.2. The fraction of sp³-hybridized carbons (Fsp3) is 0.385. The Morgan fingerprint density at radius 3 is 2.77 bits per heavy atom. The number of carbonyl (C=O) groups is 1. The predicted molar refractivity (Wildman–Crippen MR) is 144 cm³/mol. The van der Waals surface area contributed by atoms with Crippen LogP contribution in [0.15, 0.2) is 30.5 Å². The molecule has 0 aliphatic carbocycles. The number of fused-ring (bicyclic) bond motifs is 5. The third-order valence-electron chi connectivity index (χ3n) is 6.57. The zero-order valence-corrected chi connectivity index (χ0v) is 22.1. The molecule has 2 N–H and O–H groups in total. The Labute approximate surface area is 213 Å². The number of amides is 1. The smallest absolute Gasteiger partial charge is 0.263 e. The second kappa shape index (κ2) is 9.00. The van der Waals surface area contributed by atoms with Gasteiger partial charge < -0.3 is 10.6 Å². The Kier molecular flexibility index (Phi) is 6.15. The van der Waals surface area contributed by atoms with Gasteiger partial charge >= 0.3 is 0 Å². The van der Waals surface area contributed by atoms with Gasteiger partial charge in [0.1, 0.15) is 4.88 Å². The van der Waals surface area contributed by atoms with Crippen molar-refractivity contribution in [2.45, 2.75) is 52.2 Å². The van der Waals surface area contributed by atoms with Gasteiger partial charge in [0.05, 0.1) is 16.9 Å². The van der Waals surface area contributed by atoms with Crippen LogP contribution in [-0.4, -0.2) is 50.9 Å². The lowest BCUT2D eigenvalue weighted by molar-refractivity contribution is 0.0949. The average Bonchev–Trinajstić information content (AvgIpc) is 3.11. The summed E-state index contributed by atoms with van der Waals surface area (Å²) in [7, 11) is 2.09. The Hall–Kier alpha value is -2.81. The number of anilines is 1. The highest BCUT2D eigenvalue weighted by molar-refractivity contribution is 7.21. The zero-order valence-electron chi connectivity index (χ0n) is 20.6. The molecule has 0 unspecified atom stereocenters. The van der Waals surface area contributed by atoms with E-state index in [1.165, 1.54) is 11.3 Å². The third kappa shape index (κ3) is 4.70. The summed E-state index contributed by atoms with van der Waals surface area (Å²) in [6, 6.07) is 8.29. The van der Waals surface area contributed by atoms with Crippen LogP contribution in [0.2, 0.25) is 5.28 Å². The minimum absolute atomic E-state index is 0.0186. The van der Waals surface area contributed by atoms with Crippen LogP contribution in [-0.2, 0) is 13.0 Å². The van der Waals surface area contributed by atoms with E-state index >= 15 is 0 Å². The van der Waals surface area contributed by atoms with Crippen molar-refractivity contribution in [3.63, 3.8) is 0 Å². The van der Waals surface area contributed by atoms with Crippen molar-refractivity contribution in [1.82, 2.24) is 25.2 Å². The Morgan fingerprint density at radius 2 is 2.00 bits per heavy atom. The zero-order chi connectivity index (χ0) is 24.9. The molecule has 0 bridgehead atoms. The van der Waals surface area contributed by atoms with E-state index in [2.05, 4.69) is 65.5 Å². The number of nitrogens with zero attached hydrogens (tertiary/aromatic N) is 4. The number of hydrogen-bond donors (Lipinski definition) is 2. The Morgan fingerprint density at radius 1 is 1.20 bits per heavy atom. The van der Waals surface area contributed by atoms with Crippen LogP contribution >= 0.6 is 22.9 Å². The SMILES string of the molecule is C[C@@H]1CNc2c(sc3ccc4nc(Cc5nc(Cl)ncc5CN(C)C(C)(C)C)ccc4c23)C(=O)N1. The summed E-state index contributed by atoms with van der Waals surface area (Å²) in [5.74, 6) is -0.0233. The van der Waals surface area contributed by atoms with Crippen LogP contribution in [0, 0.1) is 0 Å². The topological polar surface area (TPSA) is 83.0 Å². The minimum atomic E-state index is -0.0233. The van der Waals surface area contributed by atoms with Gasteiger partial charge in [-0.25, -0.2) is 9.97 Å². The van der Waals surface area contributed by atoms with Gasteiger partial charge in [-0.05, 0) is 64.5 Å². The largest absolute Gasteiger partial charge is 0.381 e. The Balaban J connectivity index is 1.52. The number of aromatic nitrogens is 3. The van der Waals surface area contributed by atoms with Gasteiger partial charge in [-0.1, -0.05) is 6.07 Å². The molecule has 35 heavy (non-hydrogen) atoms. The third-order valence-corrected chi connectivity index (χ3v) is 7.91. The van der Waals surface area contributed by atoms with Crippen molar-refractivity contribution in [2.75, 3.05) is 18.9 Å². The molecule has 0 saturated carbocycles. The molecular weight excluding hydrogens is 480 g/mol. The summed E-state index contributed by atoms with van der Waals surface area (Å²) in [6.07, 6.45) is 2.37. The predicted octanol–water partition coefficient (Wildman–Crippen LogP) is 5.26. The van der Waals surface area contributed by atoms with Crippen molar-refractivity contribution in [1.29, 1.82) is 0 Å². The maximum atomic E-state index is 12.7. The van der Waals surface area contributed by atoms with Crippen LogP contribution in [0.3, 0.4) is 0 Å². The lowest BCUT2D eigenvalue weighted by Gasteiger charge is -2.32. The average molecular weight is 509 g/mol. The molecular formula is C26H29ClN6OS. The summed E-state index contributed by atoms with van der Waals surface area (Å²) < 4.78 is 1.07. The molecule has 1 atom stereocenters. The molecule has 1 aliphatic heterocycles. The van der Waals surface area contributed by atoms with Crippen LogP contribution < -0.4 is 10.6 Å². The first-order valence-corrected chi connectivity index (χ1v) is 12.9. The molecule has 182 valence electrons. The van der Waals surface area contributed by atoms with Gasteiger partial charge in [0.2, 0.25) is 5.28 Å². The van der Waals surface area contributed by atoms with E-state index < -0.39 is 0 Å². The summed E-state index contributed by atoms with van der Waals surface area (Å²) in [6.45, 7) is 9.95. The van der Waals surface area contributed by atoms with Crippen molar-refractivity contribution in [3.05, 3.63) is 57.6 Å². The highest BCUT2D eigenvalue weighted by atomic mass is 35.5. The highest BCUT2D eigenvalue weighted by Crippen LogP contribution is 2.40. The first-order valence-electron chi connectivity index (χ1n) is 11.7. The first-order chi connectivity index (χ1) is 16.6. The molecule has 1 aliphatic rings. The molecule has 1 aromatic carbocycles. The highest BCUT2D eigenvalue weighted by Gasteiger charge is 2.25. The summed E-state index contributed by atoms with van der Waals surface area (Å²) in [5, 5.41) is 8.86. The normalized spacial score (nSPS) is 16.3. The summed E-state index contributed by atoms with van der Waals surface area (Å²) in [4.78, 5) is 29.4. The molecule has 3 aromatic heterocycles. The lowest BCUT2D eigenvalue weighted by atomic mass is 10.0. The number of thiophene rings is 1. The molecule has 0 saturated heterocycles. The van der Waals surface area contributed by atoms with Crippen molar-refractivity contribution in [3.8, 4) is 0 Å². The van der Waals surface area contributed by atoms with Gasteiger partial charge in [-0.2, -0.15) is 0 Å².